The second-order valence-corrected chi connectivity index (χ2v) is 4.00. The zero-order valence-corrected chi connectivity index (χ0v) is 11.4. The molecule has 1 aromatic rings. The summed E-state index contributed by atoms with van der Waals surface area (Å²) in [5.41, 5.74) is 0.736. The number of carbonyl (C=O) groups is 1. The Morgan fingerprint density at radius 2 is 2.16 bits per heavy atom. The van der Waals surface area contributed by atoms with Gasteiger partial charge in [0.05, 0.1) is 19.8 Å². The fourth-order valence-corrected chi connectivity index (χ4v) is 1.68. The second kappa shape index (κ2) is 8.50. The maximum Gasteiger partial charge on any atom is 0.323 e. The minimum absolute atomic E-state index is 0.0660. The first kappa shape index (κ1) is 15.5. The first-order valence-corrected chi connectivity index (χ1v) is 6.38. The van der Waals surface area contributed by atoms with Crippen molar-refractivity contribution in [3.8, 4) is 5.75 Å². The van der Waals surface area contributed by atoms with Crippen LogP contribution in [0.4, 0.5) is 0 Å². The zero-order valence-electron chi connectivity index (χ0n) is 11.4. The molecule has 1 atom stereocenters. The lowest BCUT2D eigenvalue weighted by Crippen LogP contribution is -2.36. The maximum atomic E-state index is 11.6. The van der Waals surface area contributed by atoms with Crippen LogP contribution in [0.1, 0.15) is 18.9 Å². The molecule has 2 N–H and O–H groups in total. The SMILES string of the molecule is CCOC(=O)C(CCOc1ccccc1CO)NC. The lowest BCUT2D eigenvalue weighted by atomic mass is 10.2. The van der Waals surface area contributed by atoms with Gasteiger partial charge in [0, 0.05) is 12.0 Å². The fraction of sp³-hybridized carbons (Fsp3) is 0.500. The van der Waals surface area contributed by atoms with E-state index in [-0.39, 0.29) is 18.6 Å². The Bertz CT molecular complexity index is 395. The lowest BCUT2D eigenvalue weighted by molar-refractivity contribution is -0.145. The van der Waals surface area contributed by atoms with Crippen molar-refractivity contribution in [1.82, 2.24) is 5.32 Å². The van der Waals surface area contributed by atoms with Gasteiger partial charge < -0.3 is 19.9 Å². The van der Waals surface area contributed by atoms with E-state index in [4.69, 9.17) is 14.6 Å². The van der Waals surface area contributed by atoms with Crippen LogP contribution >= 0.6 is 0 Å². The summed E-state index contributed by atoms with van der Waals surface area (Å²) in [4.78, 5) is 11.6. The maximum absolute atomic E-state index is 11.6. The number of aliphatic hydroxyl groups excluding tert-OH is 1. The average molecular weight is 267 g/mol. The van der Waals surface area contributed by atoms with Crippen LogP contribution in [0.5, 0.6) is 5.75 Å². The van der Waals surface area contributed by atoms with Crippen molar-refractivity contribution < 1.29 is 19.4 Å². The van der Waals surface area contributed by atoms with E-state index in [9.17, 15) is 4.79 Å². The van der Waals surface area contributed by atoms with Crippen molar-refractivity contribution in [3.63, 3.8) is 0 Å². The van der Waals surface area contributed by atoms with Gasteiger partial charge in [0.15, 0.2) is 0 Å². The Kier molecular flexibility index (Phi) is 6.92. The molecule has 0 amide bonds. The molecule has 0 saturated carbocycles. The number of aliphatic hydroxyl groups is 1. The molecular formula is C14H21NO4. The van der Waals surface area contributed by atoms with E-state index in [1.807, 2.05) is 12.1 Å². The number of rotatable bonds is 8. The molecule has 0 aliphatic carbocycles. The number of benzene rings is 1. The first-order valence-electron chi connectivity index (χ1n) is 6.38. The molecule has 0 radical (unpaired) electrons. The Morgan fingerprint density at radius 3 is 2.79 bits per heavy atom. The van der Waals surface area contributed by atoms with Gasteiger partial charge in [-0.2, -0.15) is 0 Å². The summed E-state index contributed by atoms with van der Waals surface area (Å²) < 4.78 is 10.5. The highest BCUT2D eigenvalue weighted by molar-refractivity contribution is 5.75. The average Bonchev–Trinajstić information content (AvgIpc) is 2.44. The number of hydrogen-bond acceptors (Lipinski definition) is 5. The molecule has 5 heteroatoms. The number of nitrogens with one attached hydrogen (secondary N) is 1. The Morgan fingerprint density at radius 1 is 1.42 bits per heavy atom. The quantitative estimate of drug-likeness (QED) is 0.690. The van der Waals surface area contributed by atoms with Crippen LogP contribution in [0.3, 0.4) is 0 Å². The third-order valence-electron chi connectivity index (χ3n) is 2.73. The van der Waals surface area contributed by atoms with Gasteiger partial charge in [0.25, 0.3) is 0 Å². The van der Waals surface area contributed by atoms with Gasteiger partial charge in [0.2, 0.25) is 0 Å². The van der Waals surface area contributed by atoms with Gasteiger partial charge >= 0.3 is 5.97 Å². The first-order chi connectivity index (χ1) is 9.22. The molecule has 19 heavy (non-hydrogen) atoms. The topological polar surface area (TPSA) is 67.8 Å². The van der Waals surface area contributed by atoms with Crippen molar-refractivity contribution >= 4 is 5.97 Å². The predicted molar refractivity (Wildman–Crippen MR) is 72.0 cm³/mol. The molecule has 0 bridgehead atoms. The van der Waals surface area contributed by atoms with Gasteiger partial charge in [-0.25, -0.2) is 0 Å². The van der Waals surface area contributed by atoms with E-state index < -0.39 is 0 Å². The number of para-hydroxylation sites is 1. The van der Waals surface area contributed by atoms with E-state index >= 15 is 0 Å². The van der Waals surface area contributed by atoms with E-state index in [0.29, 0.717) is 25.4 Å². The zero-order chi connectivity index (χ0) is 14.1. The van der Waals surface area contributed by atoms with Crippen LogP contribution < -0.4 is 10.1 Å². The lowest BCUT2D eigenvalue weighted by Gasteiger charge is -2.15. The highest BCUT2D eigenvalue weighted by atomic mass is 16.5. The van der Waals surface area contributed by atoms with Crippen molar-refractivity contribution in [2.45, 2.75) is 26.0 Å². The van der Waals surface area contributed by atoms with E-state index in [1.54, 1.807) is 26.1 Å². The van der Waals surface area contributed by atoms with Crippen molar-refractivity contribution in [2.75, 3.05) is 20.3 Å². The molecule has 0 aromatic heterocycles. The Labute approximate surface area is 113 Å². The molecule has 5 nitrogen and oxygen atoms in total. The standard InChI is InChI=1S/C14H21NO4/c1-3-18-14(17)12(15-2)8-9-19-13-7-5-4-6-11(13)10-16/h4-7,12,15-16H,3,8-10H2,1-2H3. The summed E-state index contributed by atoms with van der Waals surface area (Å²) in [5.74, 6) is 0.368. The van der Waals surface area contributed by atoms with Crippen molar-refractivity contribution in [3.05, 3.63) is 29.8 Å². The molecule has 0 fully saturated rings. The molecular weight excluding hydrogens is 246 g/mol. The number of ether oxygens (including phenoxy) is 2. The smallest absolute Gasteiger partial charge is 0.323 e. The fourth-order valence-electron chi connectivity index (χ4n) is 1.68. The summed E-state index contributed by atoms with van der Waals surface area (Å²) in [7, 11) is 1.71. The Hall–Kier alpha value is -1.59. The number of hydrogen-bond donors (Lipinski definition) is 2. The van der Waals surface area contributed by atoms with Gasteiger partial charge in [-0.3, -0.25) is 4.79 Å². The number of esters is 1. The normalized spacial score (nSPS) is 11.9. The third kappa shape index (κ3) is 4.89. The molecule has 0 spiro atoms. The summed E-state index contributed by atoms with van der Waals surface area (Å²) in [6.07, 6.45) is 0.509. The number of carbonyl (C=O) groups excluding carboxylic acids is 1. The summed E-state index contributed by atoms with van der Waals surface area (Å²) >= 11 is 0. The van der Waals surface area contributed by atoms with Crippen LogP contribution in [0.25, 0.3) is 0 Å². The second-order valence-electron chi connectivity index (χ2n) is 4.00. The summed E-state index contributed by atoms with van der Waals surface area (Å²) in [6.45, 7) is 2.45. The van der Waals surface area contributed by atoms with Gasteiger partial charge in [0.1, 0.15) is 11.8 Å². The monoisotopic (exact) mass is 267 g/mol. The van der Waals surface area contributed by atoms with Crippen LogP contribution in [-0.2, 0) is 16.1 Å². The summed E-state index contributed by atoms with van der Waals surface area (Å²) in [5, 5.41) is 12.1. The van der Waals surface area contributed by atoms with Crippen molar-refractivity contribution in [2.24, 2.45) is 0 Å². The molecule has 1 aromatic carbocycles. The minimum Gasteiger partial charge on any atom is -0.493 e. The van der Waals surface area contributed by atoms with E-state index in [0.717, 1.165) is 5.56 Å². The van der Waals surface area contributed by atoms with Gasteiger partial charge in [-0.1, -0.05) is 18.2 Å². The molecule has 0 aliphatic rings. The molecule has 0 aliphatic heterocycles. The largest absolute Gasteiger partial charge is 0.493 e. The van der Waals surface area contributed by atoms with Crippen LogP contribution in [0.15, 0.2) is 24.3 Å². The predicted octanol–water partition coefficient (Wildman–Crippen LogP) is 1.10. The van der Waals surface area contributed by atoms with Crippen LogP contribution in [0.2, 0.25) is 0 Å². The summed E-state index contributed by atoms with van der Waals surface area (Å²) in [6, 6.07) is 6.91. The number of likely N-dealkylation sites (N-methyl/N-ethyl adjacent to an activating group) is 1. The van der Waals surface area contributed by atoms with Crippen LogP contribution in [0, 0.1) is 0 Å². The van der Waals surface area contributed by atoms with Crippen LogP contribution in [-0.4, -0.2) is 37.4 Å². The Balaban J connectivity index is 2.46. The van der Waals surface area contributed by atoms with Gasteiger partial charge in [-0.15, -0.1) is 0 Å². The highest BCUT2D eigenvalue weighted by Gasteiger charge is 2.17. The molecule has 0 heterocycles. The minimum atomic E-state index is -0.374. The highest BCUT2D eigenvalue weighted by Crippen LogP contribution is 2.17. The molecule has 1 rings (SSSR count). The van der Waals surface area contributed by atoms with Crippen molar-refractivity contribution in [1.29, 1.82) is 0 Å². The molecule has 1 unspecified atom stereocenters. The van der Waals surface area contributed by atoms with E-state index in [1.165, 1.54) is 0 Å². The van der Waals surface area contributed by atoms with Gasteiger partial charge in [-0.05, 0) is 20.0 Å². The molecule has 106 valence electrons. The third-order valence-corrected chi connectivity index (χ3v) is 2.73. The van der Waals surface area contributed by atoms with E-state index in [2.05, 4.69) is 5.32 Å². The molecule has 0 saturated heterocycles.